The Hall–Kier alpha value is 0.260. The molecule has 0 aromatic carbocycles. The van der Waals surface area contributed by atoms with Crippen molar-refractivity contribution in [2.24, 2.45) is 4.99 Å². The maximum absolute atomic E-state index is 11.8. The van der Waals surface area contributed by atoms with Crippen LogP contribution < -0.4 is 5.32 Å². The van der Waals surface area contributed by atoms with Crippen molar-refractivity contribution in [3.8, 4) is 0 Å². The van der Waals surface area contributed by atoms with Gasteiger partial charge < -0.3 is 10.2 Å². The van der Waals surface area contributed by atoms with Gasteiger partial charge in [-0.1, -0.05) is 19.3 Å². The molecule has 0 amide bonds. The monoisotopic (exact) mass is 518 g/mol. The molecule has 1 heterocycles. The summed E-state index contributed by atoms with van der Waals surface area (Å²) in [6.07, 6.45) is 7.51. The van der Waals surface area contributed by atoms with Crippen molar-refractivity contribution in [2.45, 2.75) is 50.2 Å². The largest absolute Gasteiger partial charge is 0.356 e. The molecule has 0 aromatic rings. The number of guanidine groups is 1. The summed E-state index contributed by atoms with van der Waals surface area (Å²) in [5.74, 6) is 2.29. The van der Waals surface area contributed by atoms with Crippen LogP contribution in [-0.2, 0) is 10.0 Å². The molecule has 6 nitrogen and oxygen atoms in total. The fourth-order valence-corrected chi connectivity index (χ4v) is 6.14. The maximum atomic E-state index is 11.8. The molecule has 2 aliphatic rings. The Kier molecular flexibility index (Phi) is 10.6. The normalized spacial score (nSPS) is 20.9. The predicted octanol–water partition coefficient (Wildman–Crippen LogP) is 2.60. The van der Waals surface area contributed by atoms with E-state index in [1.807, 2.05) is 7.05 Å². The Morgan fingerprint density at radius 2 is 2.00 bits per heavy atom. The second-order valence-electron chi connectivity index (χ2n) is 7.06. The summed E-state index contributed by atoms with van der Waals surface area (Å²) in [5, 5.41) is 3.43. The minimum absolute atomic E-state index is 0. The Bertz CT molecular complexity index is 545. The van der Waals surface area contributed by atoms with Gasteiger partial charge in [0.05, 0.1) is 5.75 Å². The number of hydrogen-bond acceptors (Lipinski definition) is 4. The summed E-state index contributed by atoms with van der Waals surface area (Å²) < 4.78 is 25.4. The molecule has 1 aliphatic heterocycles. The van der Waals surface area contributed by atoms with E-state index in [1.165, 1.54) is 36.4 Å². The minimum atomic E-state index is -3.08. The van der Waals surface area contributed by atoms with Crippen LogP contribution in [0.4, 0.5) is 0 Å². The third-order valence-electron chi connectivity index (χ3n) is 5.30. The Morgan fingerprint density at radius 1 is 1.31 bits per heavy atom. The Labute approximate surface area is 181 Å². The maximum Gasteiger partial charge on any atom is 0.213 e. The first-order valence-corrected chi connectivity index (χ1v) is 12.1. The van der Waals surface area contributed by atoms with Gasteiger partial charge in [-0.2, -0.15) is 11.8 Å². The van der Waals surface area contributed by atoms with Gasteiger partial charge in [-0.05, 0) is 26.2 Å². The summed E-state index contributed by atoms with van der Waals surface area (Å²) in [4.78, 5) is 6.86. The van der Waals surface area contributed by atoms with Crippen molar-refractivity contribution < 1.29 is 8.42 Å². The number of nitrogens with one attached hydrogen (secondary N) is 1. The summed E-state index contributed by atoms with van der Waals surface area (Å²) in [5.41, 5.74) is 0. The Balaban J connectivity index is 0.00000338. The Morgan fingerprint density at radius 3 is 2.62 bits per heavy atom. The first kappa shape index (κ1) is 24.3. The molecule has 1 spiro atoms. The SMILES string of the molecule is CCS(=O)(=O)N(C)CCCNC(=NC)N1CCSC2(CCCCC2)C1.I. The van der Waals surface area contributed by atoms with Gasteiger partial charge in [0.25, 0.3) is 0 Å². The second kappa shape index (κ2) is 11.3. The van der Waals surface area contributed by atoms with Gasteiger partial charge in [-0.15, -0.1) is 24.0 Å². The molecule has 1 aliphatic carbocycles. The highest BCUT2D eigenvalue weighted by atomic mass is 127. The van der Waals surface area contributed by atoms with Crippen molar-refractivity contribution in [3.63, 3.8) is 0 Å². The van der Waals surface area contributed by atoms with Crippen LogP contribution in [0.1, 0.15) is 45.4 Å². The molecule has 26 heavy (non-hydrogen) atoms. The first-order chi connectivity index (χ1) is 11.9. The number of hydrogen-bond donors (Lipinski definition) is 1. The molecule has 1 saturated carbocycles. The van der Waals surface area contributed by atoms with Crippen molar-refractivity contribution >= 4 is 51.7 Å². The summed E-state index contributed by atoms with van der Waals surface area (Å²) in [6.45, 7) is 5.09. The van der Waals surface area contributed by atoms with E-state index >= 15 is 0 Å². The van der Waals surface area contributed by atoms with Gasteiger partial charge in [-0.3, -0.25) is 4.99 Å². The van der Waals surface area contributed by atoms with Crippen LogP contribution >= 0.6 is 35.7 Å². The topological polar surface area (TPSA) is 65.0 Å². The molecule has 9 heteroatoms. The highest BCUT2D eigenvalue weighted by Crippen LogP contribution is 2.42. The molecule has 1 N–H and O–H groups in total. The lowest BCUT2D eigenvalue weighted by Crippen LogP contribution is -2.53. The smallest absolute Gasteiger partial charge is 0.213 e. The number of rotatable bonds is 6. The highest BCUT2D eigenvalue weighted by Gasteiger charge is 2.38. The molecule has 2 rings (SSSR count). The molecule has 154 valence electrons. The standard InChI is InChI=1S/C17H34N4O2S2.HI/c1-4-25(22,23)20(3)12-8-11-19-16(18-2)21-13-14-24-17(15-21)9-6-5-7-10-17;/h4-15H2,1-3H3,(H,18,19);1H. The van der Waals surface area contributed by atoms with E-state index in [4.69, 9.17) is 0 Å². The van der Waals surface area contributed by atoms with Crippen LogP contribution in [0.3, 0.4) is 0 Å². The molecule has 0 radical (unpaired) electrons. The number of sulfonamides is 1. The number of thioether (sulfide) groups is 1. The van der Waals surface area contributed by atoms with E-state index in [0.717, 1.165) is 37.8 Å². The summed E-state index contributed by atoms with van der Waals surface area (Å²) in [7, 11) is 0.412. The van der Waals surface area contributed by atoms with Crippen molar-refractivity contribution in [3.05, 3.63) is 0 Å². The van der Waals surface area contributed by atoms with Gasteiger partial charge in [0.15, 0.2) is 5.96 Å². The van der Waals surface area contributed by atoms with E-state index in [1.54, 1.807) is 14.0 Å². The zero-order chi connectivity index (χ0) is 18.3. The third-order valence-corrected chi connectivity index (χ3v) is 8.70. The number of aliphatic imine (C=N–C) groups is 1. The van der Waals surface area contributed by atoms with Crippen molar-refractivity contribution in [1.82, 2.24) is 14.5 Å². The average Bonchev–Trinajstić information content (AvgIpc) is 2.62. The molecule has 0 bridgehead atoms. The van der Waals surface area contributed by atoms with Gasteiger partial charge in [0, 0.05) is 50.8 Å². The van der Waals surface area contributed by atoms with Gasteiger partial charge in [-0.25, -0.2) is 12.7 Å². The summed E-state index contributed by atoms with van der Waals surface area (Å²) in [6, 6.07) is 0. The molecule has 0 unspecified atom stereocenters. The van der Waals surface area contributed by atoms with Crippen LogP contribution in [0, 0.1) is 0 Å². The third kappa shape index (κ3) is 6.70. The van der Waals surface area contributed by atoms with Crippen LogP contribution in [-0.4, -0.2) is 80.1 Å². The van der Waals surface area contributed by atoms with Crippen LogP contribution in [0.5, 0.6) is 0 Å². The summed E-state index contributed by atoms with van der Waals surface area (Å²) >= 11 is 2.16. The molecular formula is C17H35IN4O2S2. The zero-order valence-electron chi connectivity index (χ0n) is 16.4. The van der Waals surface area contributed by atoms with Crippen molar-refractivity contribution in [2.75, 3.05) is 51.8 Å². The lowest BCUT2D eigenvalue weighted by Gasteiger charge is -2.45. The lowest BCUT2D eigenvalue weighted by atomic mass is 9.87. The predicted molar refractivity (Wildman–Crippen MR) is 123 cm³/mol. The van der Waals surface area contributed by atoms with Crippen LogP contribution in [0.25, 0.3) is 0 Å². The number of halogens is 1. The average molecular weight is 519 g/mol. The molecule has 0 aromatic heterocycles. The van der Waals surface area contributed by atoms with E-state index in [0.29, 0.717) is 11.3 Å². The van der Waals surface area contributed by atoms with Gasteiger partial charge in [0.1, 0.15) is 0 Å². The second-order valence-corrected chi connectivity index (χ2v) is 11.0. The highest BCUT2D eigenvalue weighted by molar-refractivity contribution is 14.0. The van der Waals surface area contributed by atoms with Gasteiger partial charge in [0.2, 0.25) is 10.0 Å². The van der Waals surface area contributed by atoms with Crippen molar-refractivity contribution in [1.29, 1.82) is 0 Å². The van der Waals surface area contributed by atoms with Gasteiger partial charge >= 0.3 is 0 Å². The zero-order valence-corrected chi connectivity index (χ0v) is 20.3. The molecule has 0 atom stereocenters. The fraction of sp³-hybridized carbons (Fsp3) is 0.941. The number of nitrogens with zero attached hydrogens (tertiary/aromatic N) is 3. The van der Waals surface area contributed by atoms with E-state index in [9.17, 15) is 8.42 Å². The molecule has 2 fully saturated rings. The van der Waals surface area contributed by atoms with E-state index in [-0.39, 0.29) is 29.7 Å². The fourth-order valence-electron chi connectivity index (χ4n) is 3.72. The first-order valence-electron chi connectivity index (χ1n) is 9.46. The molecular weight excluding hydrogens is 483 g/mol. The quantitative estimate of drug-likeness (QED) is 0.254. The van der Waals surface area contributed by atoms with Crippen LogP contribution in [0.15, 0.2) is 4.99 Å². The van der Waals surface area contributed by atoms with Crippen LogP contribution in [0.2, 0.25) is 0 Å². The minimum Gasteiger partial charge on any atom is -0.356 e. The van der Waals surface area contributed by atoms with E-state index in [2.05, 4.69) is 27.0 Å². The van der Waals surface area contributed by atoms with E-state index < -0.39 is 10.0 Å². The lowest BCUT2D eigenvalue weighted by molar-refractivity contribution is 0.293. The molecule has 1 saturated heterocycles.